The monoisotopic (exact) mass is 358 g/mol. The van der Waals surface area contributed by atoms with Crippen molar-refractivity contribution >= 4 is 27.5 Å². The molecule has 1 N–H and O–H groups in total. The maximum Gasteiger partial charge on any atom is 0.280 e. The molecule has 2 aromatic carbocycles. The molecule has 1 heterocycles. The molecule has 0 atom stereocenters. The average molecular weight is 358 g/mol. The van der Waals surface area contributed by atoms with E-state index in [-0.39, 0.29) is 5.91 Å². The molecule has 25 heavy (non-hydrogen) atoms. The smallest absolute Gasteiger partial charge is 0.280 e. The van der Waals surface area contributed by atoms with Gasteiger partial charge in [0, 0.05) is 18.2 Å². The van der Waals surface area contributed by atoms with Crippen LogP contribution in [0.25, 0.3) is 10.2 Å². The van der Waals surface area contributed by atoms with Gasteiger partial charge in [-0.3, -0.25) is 4.79 Å². The number of amides is 1. The molecule has 0 aliphatic heterocycles. The summed E-state index contributed by atoms with van der Waals surface area (Å²) in [5.74, 6) is 1.88. The highest BCUT2D eigenvalue weighted by atomic mass is 32.1. The van der Waals surface area contributed by atoms with Crippen LogP contribution in [-0.2, 0) is 6.54 Å². The lowest BCUT2D eigenvalue weighted by molar-refractivity contribution is 0.0950. The minimum absolute atomic E-state index is 0.224. The Bertz CT molecular complexity index is 907. The van der Waals surface area contributed by atoms with E-state index in [1.165, 1.54) is 11.3 Å². The Kier molecular flexibility index (Phi) is 5.04. The summed E-state index contributed by atoms with van der Waals surface area (Å²) < 4.78 is 16.6. The Labute approximate surface area is 149 Å². The minimum Gasteiger partial charge on any atom is -0.497 e. The first-order valence-electron chi connectivity index (χ1n) is 7.58. The molecule has 0 bridgehead atoms. The molecular weight excluding hydrogens is 340 g/mol. The Morgan fingerprint density at radius 2 is 1.76 bits per heavy atom. The van der Waals surface area contributed by atoms with Gasteiger partial charge >= 0.3 is 0 Å². The summed E-state index contributed by atoms with van der Waals surface area (Å²) in [5, 5.41) is 3.29. The summed E-state index contributed by atoms with van der Waals surface area (Å²) >= 11 is 1.33. The van der Waals surface area contributed by atoms with Crippen molar-refractivity contribution < 1.29 is 19.0 Å². The predicted molar refractivity (Wildman–Crippen MR) is 96.9 cm³/mol. The third kappa shape index (κ3) is 3.66. The van der Waals surface area contributed by atoms with E-state index in [0.29, 0.717) is 23.1 Å². The van der Waals surface area contributed by atoms with Gasteiger partial charge in [0.15, 0.2) is 5.01 Å². The molecule has 0 aliphatic carbocycles. The summed E-state index contributed by atoms with van der Waals surface area (Å²) in [6.45, 7) is 0.339. The standard InChI is InChI=1S/C18H18N2O4S/c1-22-12-5-4-11(15(8-12)24-3)10-19-17(21)18-20-14-7-6-13(23-2)9-16(14)25-18/h4-9H,10H2,1-3H3,(H,19,21). The van der Waals surface area contributed by atoms with Gasteiger partial charge in [-0.2, -0.15) is 0 Å². The Morgan fingerprint density at radius 1 is 1.04 bits per heavy atom. The number of ether oxygens (including phenoxy) is 3. The van der Waals surface area contributed by atoms with E-state index < -0.39 is 0 Å². The number of methoxy groups -OCH3 is 3. The van der Waals surface area contributed by atoms with E-state index in [1.54, 1.807) is 27.4 Å². The number of hydrogen-bond acceptors (Lipinski definition) is 6. The fraction of sp³-hybridized carbons (Fsp3) is 0.222. The highest BCUT2D eigenvalue weighted by molar-refractivity contribution is 7.20. The first-order valence-corrected chi connectivity index (χ1v) is 8.40. The van der Waals surface area contributed by atoms with Crippen LogP contribution in [0.15, 0.2) is 36.4 Å². The predicted octanol–water partition coefficient (Wildman–Crippen LogP) is 3.25. The van der Waals surface area contributed by atoms with E-state index in [4.69, 9.17) is 14.2 Å². The van der Waals surface area contributed by atoms with E-state index in [1.807, 2.05) is 30.3 Å². The van der Waals surface area contributed by atoms with E-state index >= 15 is 0 Å². The number of carbonyl (C=O) groups excluding carboxylic acids is 1. The Hall–Kier alpha value is -2.80. The van der Waals surface area contributed by atoms with E-state index in [2.05, 4.69) is 10.3 Å². The third-order valence-electron chi connectivity index (χ3n) is 3.72. The molecule has 3 rings (SSSR count). The zero-order valence-corrected chi connectivity index (χ0v) is 15.0. The second-order valence-electron chi connectivity index (χ2n) is 5.21. The first kappa shape index (κ1) is 17.0. The number of thiazole rings is 1. The van der Waals surface area contributed by atoms with E-state index in [9.17, 15) is 4.79 Å². The zero-order valence-electron chi connectivity index (χ0n) is 14.2. The number of nitrogens with zero attached hydrogens (tertiary/aromatic N) is 1. The van der Waals surface area contributed by atoms with Crippen molar-refractivity contribution in [1.82, 2.24) is 10.3 Å². The van der Waals surface area contributed by atoms with Crippen LogP contribution in [-0.4, -0.2) is 32.2 Å². The number of rotatable bonds is 6. The zero-order chi connectivity index (χ0) is 17.8. The van der Waals surface area contributed by atoms with Crippen molar-refractivity contribution in [2.45, 2.75) is 6.54 Å². The van der Waals surface area contributed by atoms with Crippen LogP contribution in [0.5, 0.6) is 17.2 Å². The summed E-state index contributed by atoms with van der Waals surface area (Å²) in [5.41, 5.74) is 1.64. The quantitative estimate of drug-likeness (QED) is 0.732. The number of aromatic nitrogens is 1. The van der Waals surface area contributed by atoms with Crippen molar-refractivity contribution in [3.8, 4) is 17.2 Å². The van der Waals surface area contributed by atoms with Crippen LogP contribution in [0.2, 0.25) is 0 Å². The molecule has 1 amide bonds. The van der Waals surface area contributed by atoms with Crippen LogP contribution in [0.4, 0.5) is 0 Å². The molecule has 0 aliphatic rings. The molecule has 1 aromatic heterocycles. The second kappa shape index (κ2) is 7.40. The Balaban J connectivity index is 1.74. The second-order valence-corrected chi connectivity index (χ2v) is 6.24. The van der Waals surface area contributed by atoms with Crippen LogP contribution >= 0.6 is 11.3 Å². The molecule has 0 fully saturated rings. The molecule has 0 saturated carbocycles. The molecule has 0 radical (unpaired) electrons. The normalized spacial score (nSPS) is 10.5. The molecular formula is C18H18N2O4S. The molecule has 0 unspecified atom stereocenters. The highest BCUT2D eigenvalue weighted by Gasteiger charge is 2.14. The summed E-state index contributed by atoms with van der Waals surface area (Å²) in [7, 11) is 4.79. The van der Waals surface area contributed by atoms with Crippen LogP contribution in [0.1, 0.15) is 15.4 Å². The van der Waals surface area contributed by atoms with Gasteiger partial charge in [0.1, 0.15) is 17.2 Å². The van der Waals surface area contributed by atoms with Gasteiger partial charge in [-0.05, 0) is 30.3 Å². The van der Waals surface area contributed by atoms with Gasteiger partial charge in [-0.1, -0.05) is 0 Å². The summed E-state index contributed by atoms with van der Waals surface area (Å²) in [6.07, 6.45) is 0. The topological polar surface area (TPSA) is 69.7 Å². The van der Waals surface area contributed by atoms with Gasteiger partial charge in [-0.15, -0.1) is 11.3 Å². The number of hydrogen-bond donors (Lipinski definition) is 1. The maximum atomic E-state index is 12.4. The average Bonchev–Trinajstić information content (AvgIpc) is 3.09. The van der Waals surface area contributed by atoms with Gasteiger partial charge in [0.25, 0.3) is 5.91 Å². The van der Waals surface area contributed by atoms with Gasteiger partial charge < -0.3 is 19.5 Å². The van der Waals surface area contributed by atoms with E-state index in [0.717, 1.165) is 21.5 Å². The van der Waals surface area contributed by atoms with Gasteiger partial charge in [0.2, 0.25) is 0 Å². The lowest BCUT2D eigenvalue weighted by atomic mass is 10.2. The van der Waals surface area contributed by atoms with Crippen LogP contribution in [0.3, 0.4) is 0 Å². The fourth-order valence-electron chi connectivity index (χ4n) is 2.38. The summed E-state index contributed by atoms with van der Waals surface area (Å²) in [6, 6.07) is 11.0. The minimum atomic E-state index is -0.224. The van der Waals surface area contributed by atoms with Crippen molar-refractivity contribution in [1.29, 1.82) is 0 Å². The summed E-state index contributed by atoms with van der Waals surface area (Å²) in [4.78, 5) is 16.8. The largest absolute Gasteiger partial charge is 0.497 e. The number of carbonyl (C=O) groups is 1. The SMILES string of the molecule is COc1ccc(CNC(=O)c2nc3ccc(OC)cc3s2)c(OC)c1. The number of nitrogens with one attached hydrogen (secondary N) is 1. The number of fused-ring (bicyclic) bond motifs is 1. The highest BCUT2D eigenvalue weighted by Crippen LogP contribution is 2.27. The van der Waals surface area contributed by atoms with Crippen molar-refractivity contribution in [3.05, 3.63) is 47.0 Å². The Morgan fingerprint density at radius 3 is 2.48 bits per heavy atom. The first-order chi connectivity index (χ1) is 12.1. The van der Waals surface area contributed by atoms with Crippen molar-refractivity contribution in [2.75, 3.05) is 21.3 Å². The van der Waals surface area contributed by atoms with Crippen LogP contribution < -0.4 is 19.5 Å². The molecule has 130 valence electrons. The molecule has 3 aromatic rings. The number of benzene rings is 2. The fourth-order valence-corrected chi connectivity index (χ4v) is 3.29. The maximum absolute atomic E-state index is 12.4. The molecule has 0 saturated heterocycles. The molecule has 6 nitrogen and oxygen atoms in total. The van der Waals surface area contributed by atoms with Crippen LogP contribution in [0, 0.1) is 0 Å². The van der Waals surface area contributed by atoms with Gasteiger partial charge in [0.05, 0.1) is 31.5 Å². The molecule has 7 heteroatoms. The van der Waals surface area contributed by atoms with Crippen molar-refractivity contribution in [3.63, 3.8) is 0 Å². The lowest BCUT2D eigenvalue weighted by Crippen LogP contribution is -2.22. The lowest BCUT2D eigenvalue weighted by Gasteiger charge is -2.10. The van der Waals surface area contributed by atoms with Crippen molar-refractivity contribution in [2.24, 2.45) is 0 Å². The van der Waals surface area contributed by atoms with Gasteiger partial charge in [-0.25, -0.2) is 4.98 Å². The third-order valence-corrected chi connectivity index (χ3v) is 4.74. The molecule has 0 spiro atoms.